The Balaban J connectivity index is 2.15. The highest BCUT2D eigenvalue weighted by Crippen LogP contribution is 2.33. The predicted molar refractivity (Wildman–Crippen MR) is 79.9 cm³/mol. The lowest BCUT2D eigenvalue weighted by atomic mass is 9.87. The molecule has 3 atom stereocenters. The highest BCUT2D eigenvalue weighted by atomic mass is 32.2. The zero-order valence-corrected chi connectivity index (χ0v) is 12.5. The van der Waals surface area contributed by atoms with Gasteiger partial charge in [0.2, 0.25) is 0 Å². The second kappa shape index (κ2) is 6.53. The molecule has 0 radical (unpaired) electrons. The fourth-order valence-corrected chi connectivity index (χ4v) is 4.39. The smallest absolute Gasteiger partial charge is 0.119 e. The topological polar surface area (TPSA) is 52.3 Å². The molecule has 0 amide bonds. The Bertz CT molecular complexity index is 461. The van der Waals surface area contributed by atoms with Gasteiger partial charge in [0, 0.05) is 22.6 Å². The van der Waals surface area contributed by atoms with Crippen molar-refractivity contribution in [3.05, 3.63) is 29.3 Å². The van der Waals surface area contributed by atoms with Crippen molar-refractivity contribution in [1.82, 2.24) is 0 Å². The van der Waals surface area contributed by atoms with Gasteiger partial charge in [-0.2, -0.15) is 0 Å². The SMILES string of the molecule is CCCCS(=O)C1CCc2cc(OC)ccc2C1N. The zero-order chi connectivity index (χ0) is 13.8. The summed E-state index contributed by atoms with van der Waals surface area (Å²) in [7, 11) is 0.867. The molecule has 3 unspecified atom stereocenters. The molecule has 1 aliphatic carbocycles. The Morgan fingerprint density at radius 1 is 1.47 bits per heavy atom. The molecular formula is C15H23NO2S. The third-order valence-corrected chi connectivity index (χ3v) is 5.74. The number of fused-ring (bicyclic) bond motifs is 1. The van der Waals surface area contributed by atoms with Crippen LogP contribution in [0.5, 0.6) is 5.75 Å². The number of hydrogen-bond acceptors (Lipinski definition) is 3. The molecule has 2 rings (SSSR count). The third kappa shape index (κ3) is 3.18. The first kappa shape index (κ1) is 14.5. The first-order valence-electron chi connectivity index (χ1n) is 6.97. The maximum Gasteiger partial charge on any atom is 0.119 e. The summed E-state index contributed by atoms with van der Waals surface area (Å²) in [4.78, 5) is 0. The lowest BCUT2D eigenvalue weighted by molar-refractivity contribution is 0.413. The number of hydrogen-bond donors (Lipinski definition) is 1. The molecule has 19 heavy (non-hydrogen) atoms. The Morgan fingerprint density at radius 2 is 2.26 bits per heavy atom. The van der Waals surface area contributed by atoms with Gasteiger partial charge in [-0.1, -0.05) is 19.4 Å². The van der Waals surface area contributed by atoms with Crippen molar-refractivity contribution >= 4 is 10.8 Å². The van der Waals surface area contributed by atoms with Crippen LogP contribution < -0.4 is 10.5 Å². The van der Waals surface area contributed by atoms with Crippen molar-refractivity contribution in [2.75, 3.05) is 12.9 Å². The summed E-state index contributed by atoms with van der Waals surface area (Å²) in [6.07, 6.45) is 3.97. The van der Waals surface area contributed by atoms with Gasteiger partial charge in [-0.15, -0.1) is 0 Å². The van der Waals surface area contributed by atoms with Crippen molar-refractivity contribution in [3.8, 4) is 5.75 Å². The Labute approximate surface area is 118 Å². The van der Waals surface area contributed by atoms with E-state index >= 15 is 0 Å². The maximum atomic E-state index is 12.3. The van der Waals surface area contributed by atoms with Crippen LogP contribution in [-0.2, 0) is 17.2 Å². The molecule has 0 spiro atoms. The number of rotatable bonds is 5. The van der Waals surface area contributed by atoms with Crippen molar-refractivity contribution in [1.29, 1.82) is 0 Å². The van der Waals surface area contributed by atoms with E-state index in [0.717, 1.165) is 42.7 Å². The van der Waals surface area contributed by atoms with Gasteiger partial charge in [-0.3, -0.25) is 4.21 Å². The molecule has 106 valence electrons. The average Bonchev–Trinajstić information content (AvgIpc) is 2.44. The lowest BCUT2D eigenvalue weighted by Gasteiger charge is -2.30. The van der Waals surface area contributed by atoms with E-state index in [0.29, 0.717) is 0 Å². The van der Waals surface area contributed by atoms with Crippen LogP contribution in [0.15, 0.2) is 18.2 Å². The standard InChI is InChI=1S/C15H23NO2S/c1-3-4-9-19(17)14-8-5-11-10-12(18-2)6-7-13(11)15(14)16/h6-7,10,14-15H,3-5,8-9,16H2,1-2H3. The van der Waals surface area contributed by atoms with E-state index in [2.05, 4.69) is 13.0 Å². The molecule has 2 N–H and O–H groups in total. The van der Waals surface area contributed by atoms with Gasteiger partial charge >= 0.3 is 0 Å². The molecule has 1 aromatic rings. The summed E-state index contributed by atoms with van der Waals surface area (Å²) >= 11 is 0. The van der Waals surface area contributed by atoms with Gasteiger partial charge in [-0.05, 0) is 42.5 Å². The van der Waals surface area contributed by atoms with E-state index in [-0.39, 0.29) is 11.3 Å². The molecular weight excluding hydrogens is 258 g/mol. The van der Waals surface area contributed by atoms with E-state index in [1.807, 2.05) is 12.1 Å². The van der Waals surface area contributed by atoms with E-state index in [4.69, 9.17) is 10.5 Å². The van der Waals surface area contributed by atoms with E-state index in [1.165, 1.54) is 5.56 Å². The van der Waals surface area contributed by atoms with Crippen LogP contribution in [0.1, 0.15) is 43.4 Å². The minimum absolute atomic E-state index is 0.104. The Kier molecular flexibility index (Phi) is 4.99. The van der Waals surface area contributed by atoms with Crippen LogP contribution in [0.4, 0.5) is 0 Å². The summed E-state index contributed by atoms with van der Waals surface area (Å²) in [5.41, 5.74) is 8.71. The number of ether oxygens (including phenoxy) is 1. The largest absolute Gasteiger partial charge is 0.497 e. The van der Waals surface area contributed by atoms with E-state index < -0.39 is 10.8 Å². The molecule has 1 aromatic carbocycles. The van der Waals surface area contributed by atoms with Gasteiger partial charge in [-0.25, -0.2) is 0 Å². The molecule has 0 aliphatic heterocycles. The molecule has 0 heterocycles. The monoisotopic (exact) mass is 281 g/mol. The Hall–Kier alpha value is -0.870. The summed E-state index contributed by atoms with van der Waals surface area (Å²) in [6.45, 7) is 2.12. The highest BCUT2D eigenvalue weighted by molar-refractivity contribution is 7.85. The number of benzene rings is 1. The molecule has 0 aromatic heterocycles. The van der Waals surface area contributed by atoms with Gasteiger partial charge in [0.1, 0.15) is 5.75 Å². The average molecular weight is 281 g/mol. The van der Waals surface area contributed by atoms with Crippen molar-refractivity contribution in [2.24, 2.45) is 5.73 Å². The van der Waals surface area contributed by atoms with Crippen LogP contribution in [0.3, 0.4) is 0 Å². The molecule has 0 saturated heterocycles. The van der Waals surface area contributed by atoms with Gasteiger partial charge in [0.15, 0.2) is 0 Å². The van der Waals surface area contributed by atoms with Crippen LogP contribution in [0, 0.1) is 0 Å². The fraction of sp³-hybridized carbons (Fsp3) is 0.600. The van der Waals surface area contributed by atoms with Gasteiger partial charge in [0.25, 0.3) is 0 Å². The van der Waals surface area contributed by atoms with Crippen LogP contribution in [0.25, 0.3) is 0 Å². The molecule has 0 bridgehead atoms. The number of aryl methyl sites for hydroxylation is 1. The quantitative estimate of drug-likeness (QED) is 0.902. The lowest BCUT2D eigenvalue weighted by Crippen LogP contribution is -2.35. The first-order chi connectivity index (χ1) is 9.17. The van der Waals surface area contributed by atoms with Crippen molar-refractivity contribution in [2.45, 2.75) is 43.9 Å². The minimum Gasteiger partial charge on any atom is -0.497 e. The summed E-state index contributed by atoms with van der Waals surface area (Å²) in [5.74, 6) is 1.65. The molecule has 0 fully saturated rings. The second-order valence-electron chi connectivity index (χ2n) is 5.11. The first-order valence-corrected chi connectivity index (χ1v) is 8.35. The van der Waals surface area contributed by atoms with Gasteiger partial charge in [0.05, 0.1) is 12.4 Å². The molecule has 0 saturated carbocycles. The summed E-state index contributed by atoms with van der Waals surface area (Å²) in [5, 5.41) is 0.104. The molecule has 3 nitrogen and oxygen atoms in total. The normalized spacial score (nSPS) is 23.7. The second-order valence-corrected chi connectivity index (χ2v) is 6.88. The summed E-state index contributed by atoms with van der Waals surface area (Å²) < 4.78 is 17.5. The van der Waals surface area contributed by atoms with E-state index in [9.17, 15) is 4.21 Å². The highest BCUT2D eigenvalue weighted by Gasteiger charge is 2.30. The maximum absolute atomic E-state index is 12.3. The summed E-state index contributed by atoms with van der Waals surface area (Å²) in [6, 6.07) is 5.92. The molecule has 1 aliphatic rings. The van der Waals surface area contributed by atoms with Crippen LogP contribution >= 0.6 is 0 Å². The third-order valence-electron chi connectivity index (χ3n) is 3.84. The minimum atomic E-state index is -0.807. The van der Waals surface area contributed by atoms with Crippen LogP contribution in [0.2, 0.25) is 0 Å². The molecule has 4 heteroatoms. The van der Waals surface area contributed by atoms with Gasteiger partial charge < -0.3 is 10.5 Å². The van der Waals surface area contributed by atoms with Crippen LogP contribution in [-0.4, -0.2) is 22.3 Å². The van der Waals surface area contributed by atoms with Crippen molar-refractivity contribution < 1.29 is 8.95 Å². The number of unbranched alkanes of at least 4 members (excludes halogenated alkanes) is 1. The number of methoxy groups -OCH3 is 1. The Morgan fingerprint density at radius 3 is 2.95 bits per heavy atom. The zero-order valence-electron chi connectivity index (χ0n) is 11.7. The fourth-order valence-electron chi connectivity index (χ4n) is 2.66. The van der Waals surface area contributed by atoms with Crippen molar-refractivity contribution in [3.63, 3.8) is 0 Å². The van der Waals surface area contributed by atoms with E-state index in [1.54, 1.807) is 7.11 Å². The number of nitrogens with two attached hydrogens (primary N) is 1. The predicted octanol–water partition coefficient (Wildman–Crippen LogP) is 2.56.